The van der Waals surface area contributed by atoms with Crippen molar-refractivity contribution in [2.45, 2.75) is 56.9 Å². The van der Waals surface area contributed by atoms with Gasteiger partial charge in [-0.25, -0.2) is 13.1 Å². The molecule has 32 heavy (non-hydrogen) atoms. The van der Waals surface area contributed by atoms with Gasteiger partial charge in [-0.05, 0) is 81.9 Å². The zero-order valence-corrected chi connectivity index (χ0v) is 20.3. The van der Waals surface area contributed by atoms with Crippen molar-refractivity contribution in [1.82, 2.24) is 10.0 Å². The van der Waals surface area contributed by atoms with Crippen LogP contribution in [0.1, 0.15) is 46.0 Å². The quantitative estimate of drug-likeness (QED) is 0.581. The first kappa shape index (κ1) is 23.5. The van der Waals surface area contributed by atoms with E-state index < -0.39 is 20.9 Å². The number of rotatable bonds is 7. The first-order valence-electron chi connectivity index (χ1n) is 11.1. The molecule has 0 heterocycles. The van der Waals surface area contributed by atoms with Crippen LogP contribution in [0.4, 0.5) is 0 Å². The van der Waals surface area contributed by atoms with Crippen LogP contribution in [0, 0.1) is 28.6 Å². The van der Waals surface area contributed by atoms with Crippen molar-refractivity contribution in [3.8, 4) is 0 Å². The van der Waals surface area contributed by atoms with Crippen LogP contribution >= 0.6 is 11.6 Å². The molecule has 9 heteroatoms. The van der Waals surface area contributed by atoms with E-state index >= 15 is 0 Å². The predicted octanol–water partition coefficient (Wildman–Crippen LogP) is 3.13. The van der Waals surface area contributed by atoms with Crippen molar-refractivity contribution < 1.29 is 22.7 Å². The van der Waals surface area contributed by atoms with Gasteiger partial charge in [-0.15, -0.1) is 0 Å². The molecule has 0 aliphatic heterocycles. The number of carbonyl (C=O) groups excluding carboxylic acids is 2. The maximum Gasteiger partial charge on any atom is 0.311 e. The van der Waals surface area contributed by atoms with E-state index in [0.717, 1.165) is 32.1 Å². The molecule has 4 saturated carbocycles. The molecule has 0 saturated heterocycles. The summed E-state index contributed by atoms with van der Waals surface area (Å²) in [4.78, 5) is 25.7. The number of ether oxygens (including phenoxy) is 1. The lowest BCUT2D eigenvalue weighted by Gasteiger charge is -2.58. The van der Waals surface area contributed by atoms with Gasteiger partial charge in [0.05, 0.1) is 22.8 Å². The second kappa shape index (κ2) is 8.29. The largest absolute Gasteiger partial charge is 0.469 e. The van der Waals surface area contributed by atoms with Gasteiger partial charge in [-0.3, -0.25) is 9.59 Å². The van der Waals surface area contributed by atoms with Gasteiger partial charge in [0.1, 0.15) is 0 Å². The smallest absolute Gasteiger partial charge is 0.311 e. The zero-order chi connectivity index (χ0) is 23.3. The van der Waals surface area contributed by atoms with E-state index in [0.29, 0.717) is 10.9 Å². The second-order valence-electron chi connectivity index (χ2n) is 10.4. The topological polar surface area (TPSA) is 102 Å². The molecule has 0 aromatic heterocycles. The molecule has 1 aromatic rings. The van der Waals surface area contributed by atoms with Crippen LogP contribution in [0.15, 0.2) is 29.2 Å². The SMILES string of the molecule is COC(=O)C12CC3CC(C1)C(NC(=O)C(C)(C)CNS(=O)(=O)c1cccc(Cl)c1)C(C3)C2. The average molecular weight is 483 g/mol. The molecular weight excluding hydrogens is 452 g/mol. The van der Waals surface area contributed by atoms with Crippen LogP contribution in [0.2, 0.25) is 5.02 Å². The molecule has 2 atom stereocenters. The Hall–Kier alpha value is -1.64. The number of sulfonamides is 1. The molecule has 0 spiro atoms. The van der Waals surface area contributed by atoms with Gasteiger partial charge < -0.3 is 10.1 Å². The molecule has 7 nitrogen and oxygen atoms in total. The van der Waals surface area contributed by atoms with E-state index in [-0.39, 0.29) is 41.2 Å². The van der Waals surface area contributed by atoms with Crippen molar-refractivity contribution in [3.63, 3.8) is 0 Å². The third-order valence-electron chi connectivity index (χ3n) is 7.61. The Kier molecular flexibility index (Phi) is 6.09. The third-order valence-corrected chi connectivity index (χ3v) is 9.25. The Morgan fingerprint density at radius 3 is 2.44 bits per heavy atom. The number of amides is 1. The summed E-state index contributed by atoms with van der Waals surface area (Å²) in [6.07, 6.45) is 4.42. The van der Waals surface area contributed by atoms with Crippen LogP contribution in [0.25, 0.3) is 0 Å². The number of methoxy groups -OCH3 is 1. The first-order chi connectivity index (χ1) is 15.0. The minimum Gasteiger partial charge on any atom is -0.469 e. The maximum absolute atomic E-state index is 13.2. The zero-order valence-electron chi connectivity index (χ0n) is 18.7. The van der Waals surface area contributed by atoms with Gasteiger partial charge in [0.25, 0.3) is 0 Å². The van der Waals surface area contributed by atoms with E-state index in [1.54, 1.807) is 26.0 Å². The van der Waals surface area contributed by atoms with Crippen molar-refractivity contribution in [2.75, 3.05) is 13.7 Å². The fraction of sp³-hybridized carbons (Fsp3) is 0.652. The summed E-state index contributed by atoms with van der Waals surface area (Å²) in [6, 6.07) is 6.03. The van der Waals surface area contributed by atoms with Gasteiger partial charge in [0.2, 0.25) is 15.9 Å². The van der Waals surface area contributed by atoms with Gasteiger partial charge in [-0.2, -0.15) is 0 Å². The van der Waals surface area contributed by atoms with Crippen molar-refractivity contribution >= 4 is 33.5 Å². The Labute approximate surface area is 194 Å². The number of hydrogen-bond acceptors (Lipinski definition) is 5. The second-order valence-corrected chi connectivity index (χ2v) is 12.6. The summed E-state index contributed by atoms with van der Waals surface area (Å²) in [6.45, 7) is 3.42. The summed E-state index contributed by atoms with van der Waals surface area (Å²) in [7, 11) is -2.33. The van der Waals surface area contributed by atoms with E-state index in [9.17, 15) is 18.0 Å². The highest BCUT2D eigenvalue weighted by atomic mass is 35.5. The number of esters is 1. The number of benzene rings is 1. The van der Waals surface area contributed by atoms with E-state index in [2.05, 4.69) is 10.0 Å². The standard InChI is InChI=1S/C23H31ClN2O5S/c1-22(2,13-25-32(29,30)18-6-4-5-17(24)9-18)20(27)26-19-15-7-14-8-16(19)12-23(10-14,11-15)21(28)31-3/h4-6,9,14-16,19,25H,7-8,10-13H2,1-3H3,(H,26,27). The molecule has 2 N–H and O–H groups in total. The Morgan fingerprint density at radius 2 is 1.84 bits per heavy atom. The van der Waals surface area contributed by atoms with E-state index in [1.807, 2.05) is 0 Å². The molecule has 4 aliphatic rings. The number of hydrogen-bond donors (Lipinski definition) is 2. The molecule has 5 rings (SSSR count). The highest BCUT2D eigenvalue weighted by Gasteiger charge is 2.59. The summed E-state index contributed by atoms with van der Waals surface area (Å²) in [5, 5.41) is 3.54. The Morgan fingerprint density at radius 1 is 1.19 bits per heavy atom. The van der Waals surface area contributed by atoms with Gasteiger partial charge in [-0.1, -0.05) is 17.7 Å². The average Bonchev–Trinajstić information content (AvgIpc) is 2.73. The lowest BCUT2D eigenvalue weighted by Crippen LogP contribution is -2.62. The molecule has 4 bridgehead atoms. The maximum atomic E-state index is 13.2. The molecule has 1 amide bonds. The van der Waals surface area contributed by atoms with Crippen molar-refractivity contribution in [1.29, 1.82) is 0 Å². The highest BCUT2D eigenvalue weighted by Crippen LogP contribution is 2.60. The van der Waals surface area contributed by atoms with Crippen LogP contribution in [0.3, 0.4) is 0 Å². The Balaban J connectivity index is 1.41. The number of carbonyl (C=O) groups is 2. The molecule has 1 aromatic carbocycles. The first-order valence-corrected chi connectivity index (χ1v) is 13.0. The molecule has 176 valence electrons. The third kappa shape index (κ3) is 4.29. The fourth-order valence-electron chi connectivity index (χ4n) is 6.15. The highest BCUT2D eigenvalue weighted by molar-refractivity contribution is 7.89. The molecule has 0 radical (unpaired) electrons. The van der Waals surface area contributed by atoms with Crippen LogP contribution < -0.4 is 10.0 Å². The monoisotopic (exact) mass is 482 g/mol. The normalized spacial score (nSPS) is 31.4. The van der Waals surface area contributed by atoms with Crippen LogP contribution in [0.5, 0.6) is 0 Å². The summed E-state index contributed by atoms with van der Waals surface area (Å²) >= 11 is 5.91. The van der Waals surface area contributed by atoms with Gasteiger partial charge >= 0.3 is 5.97 Å². The summed E-state index contributed by atoms with van der Waals surface area (Å²) in [5.74, 6) is 0.720. The minimum absolute atomic E-state index is 0.0145. The van der Waals surface area contributed by atoms with Crippen molar-refractivity contribution in [3.05, 3.63) is 29.3 Å². The Bertz CT molecular complexity index is 1010. The number of nitrogens with one attached hydrogen (secondary N) is 2. The van der Waals surface area contributed by atoms with Crippen molar-refractivity contribution in [2.24, 2.45) is 28.6 Å². The predicted molar refractivity (Wildman–Crippen MR) is 120 cm³/mol. The molecule has 4 aliphatic carbocycles. The fourth-order valence-corrected chi connectivity index (χ4v) is 7.66. The molecule has 2 unspecified atom stereocenters. The molecular formula is C23H31ClN2O5S. The summed E-state index contributed by atoms with van der Waals surface area (Å²) in [5.41, 5.74) is -1.34. The minimum atomic E-state index is -3.79. The van der Waals surface area contributed by atoms with E-state index in [4.69, 9.17) is 16.3 Å². The van der Waals surface area contributed by atoms with Gasteiger partial charge in [0.15, 0.2) is 0 Å². The van der Waals surface area contributed by atoms with Crippen LogP contribution in [-0.2, 0) is 24.3 Å². The van der Waals surface area contributed by atoms with Crippen LogP contribution in [-0.4, -0.2) is 40.0 Å². The van der Waals surface area contributed by atoms with Gasteiger partial charge in [0, 0.05) is 17.6 Å². The lowest BCUT2D eigenvalue weighted by atomic mass is 9.48. The van der Waals surface area contributed by atoms with E-state index in [1.165, 1.54) is 19.2 Å². The summed E-state index contributed by atoms with van der Waals surface area (Å²) < 4.78 is 32.9. The number of halogens is 1. The molecule has 4 fully saturated rings. The lowest BCUT2D eigenvalue weighted by molar-refractivity contribution is -0.171.